The zero-order valence-corrected chi connectivity index (χ0v) is 13.0. The maximum atomic E-state index is 12.2. The molecule has 2 heterocycles. The number of nitrogens with one attached hydrogen (secondary N) is 1. The Morgan fingerprint density at radius 3 is 2.81 bits per heavy atom. The van der Waals surface area contributed by atoms with Crippen LogP contribution in [0.4, 0.5) is 5.82 Å². The van der Waals surface area contributed by atoms with Gasteiger partial charge in [0, 0.05) is 16.1 Å². The molecule has 0 atom stereocenters. The Hall–Kier alpha value is -1.98. The monoisotopic (exact) mass is 361 g/mol. The predicted molar refractivity (Wildman–Crippen MR) is 86.6 cm³/mol. The first kappa shape index (κ1) is 14.0. The lowest BCUT2D eigenvalue weighted by molar-refractivity contribution is 0.102. The van der Waals surface area contributed by atoms with E-state index < -0.39 is 0 Å². The molecule has 4 nitrogen and oxygen atoms in total. The number of anilines is 1. The van der Waals surface area contributed by atoms with Crippen LogP contribution in [0.15, 0.2) is 53.1 Å². The topological polar surface area (TPSA) is 54.9 Å². The first-order chi connectivity index (χ1) is 10.1. The van der Waals surface area contributed by atoms with Crippen LogP contribution in [-0.2, 0) is 0 Å². The van der Waals surface area contributed by atoms with Crippen molar-refractivity contribution in [2.24, 2.45) is 0 Å². The van der Waals surface area contributed by atoms with E-state index in [1.807, 2.05) is 24.3 Å². The SMILES string of the molecule is O=C(Nc1cc(Br)ccn1)c1cc(Cl)c2ccccc2n1. The summed E-state index contributed by atoms with van der Waals surface area (Å²) >= 11 is 9.52. The van der Waals surface area contributed by atoms with Crippen molar-refractivity contribution >= 4 is 50.2 Å². The zero-order valence-electron chi connectivity index (χ0n) is 10.7. The molecule has 0 aliphatic carbocycles. The third-order valence-corrected chi connectivity index (χ3v) is 3.67. The molecule has 0 saturated carbocycles. The second-order valence-electron chi connectivity index (χ2n) is 4.32. The number of para-hydroxylation sites is 1. The number of halogens is 2. The molecule has 0 fully saturated rings. The predicted octanol–water partition coefficient (Wildman–Crippen LogP) is 4.30. The van der Waals surface area contributed by atoms with Crippen LogP contribution >= 0.6 is 27.5 Å². The average Bonchev–Trinajstić information content (AvgIpc) is 2.47. The van der Waals surface area contributed by atoms with Gasteiger partial charge in [-0.05, 0) is 24.3 Å². The van der Waals surface area contributed by atoms with Crippen LogP contribution in [0.3, 0.4) is 0 Å². The van der Waals surface area contributed by atoms with Gasteiger partial charge in [-0.2, -0.15) is 0 Å². The summed E-state index contributed by atoms with van der Waals surface area (Å²) < 4.78 is 0.831. The Morgan fingerprint density at radius 1 is 1.19 bits per heavy atom. The van der Waals surface area contributed by atoms with Crippen LogP contribution < -0.4 is 5.32 Å². The van der Waals surface area contributed by atoms with E-state index >= 15 is 0 Å². The van der Waals surface area contributed by atoms with Crippen molar-refractivity contribution in [3.63, 3.8) is 0 Å². The Balaban J connectivity index is 1.94. The van der Waals surface area contributed by atoms with Crippen LogP contribution in [0.1, 0.15) is 10.5 Å². The maximum Gasteiger partial charge on any atom is 0.275 e. The van der Waals surface area contributed by atoms with Crippen LogP contribution in [-0.4, -0.2) is 15.9 Å². The van der Waals surface area contributed by atoms with Gasteiger partial charge in [0.2, 0.25) is 0 Å². The van der Waals surface area contributed by atoms with Crippen molar-refractivity contribution in [3.8, 4) is 0 Å². The fourth-order valence-electron chi connectivity index (χ4n) is 1.90. The van der Waals surface area contributed by atoms with Crippen molar-refractivity contribution in [1.29, 1.82) is 0 Å². The van der Waals surface area contributed by atoms with E-state index in [-0.39, 0.29) is 11.6 Å². The number of amides is 1. The molecule has 0 aliphatic heterocycles. The molecule has 1 N–H and O–H groups in total. The van der Waals surface area contributed by atoms with Gasteiger partial charge in [0.25, 0.3) is 5.91 Å². The molecule has 0 spiro atoms. The molecule has 2 aromatic heterocycles. The number of benzene rings is 1. The Labute approximate surface area is 134 Å². The highest BCUT2D eigenvalue weighted by molar-refractivity contribution is 9.10. The molecule has 0 saturated heterocycles. The summed E-state index contributed by atoms with van der Waals surface area (Å²) in [7, 11) is 0. The fourth-order valence-corrected chi connectivity index (χ4v) is 2.50. The minimum atomic E-state index is -0.353. The fraction of sp³-hybridized carbons (Fsp3) is 0. The summed E-state index contributed by atoms with van der Waals surface area (Å²) in [5, 5.41) is 4.00. The molecule has 0 bridgehead atoms. The largest absolute Gasteiger partial charge is 0.305 e. The number of pyridine rings is 2. The van der Waals surface area contributed by atoms with Gasteiger partial charge >= 0.3 is 0 Å². The second kappa shape index (κ2) is 5.79. The number of carbonyl (C=O) groups is 1. The highest BCUT2D eigenvalue weighted by Crippen LogP contribution is 2.23. The highest BCUT2D eigenvalue weighted by Gasteiger charge is 2.12. The van der Waals surface area contributed by atoms with E-state index in [2.05, 4.69) is 31.2 Å². The lowest BCUT2D eigenvalue weighted by atomic mass is 10.2. The Bertz CT molecular complexity index is 838. The van der Waals surface area contributed by atoms with E-state index in [0.29, 0.717) is 16.4 Å². The minimum absolute atomic E-state index is 0.250. The molecule has 1 amide bonds. The molecule has 0 aliphatic rings. The lowest BCUT2D eigenvalue weighted by Gasteiger charge is -2.06. The molecule has 21 heavy (non-hydrogen) atoms. The third kappa shape index (κ3) is 3.04. The smallest absolute Gasteiger partial charge is 0.275 e. The molecular weight excluding hydrogens is 354 g/mol. The van der Waals surface area contributed by atoms with E-state index in [0.717, 1.165) is 9.86 Å². The van der Waals surface area contributed by atoms with Gasteiger partial charge in [0.05, 0.1) is 10.5 Å². The van der Waals surface area contributed by atoms with E-state index in [9.17, 15) is 4.79 Å². The minimum Gasteiger partial charge on any atom is -0.305 e. The van der Waals surface area contributed by atoms with E-state index in [4.69, 9.17) is 11.6 Å². The van der Waals surface area contributed by atoms with Crippen LogP contribution in [0.5, 0.6) is 0 Å². The van der Waals surface area contributed by atoms with Crippen molar-refractivity contribution in [1.82, 2.24) is 9.97 Å². The summed E-state index contributed by atoms with van der Waals surface area (Å²) in [6.45, 7) is 0. The van der Waals surface area contributed by atoms with Gasteiger partial charge in [-0.1, -0.05) is 45.7 Å². The average molecular weight is 363 g/mol. The number of rotatable bonds is 2. The summed E-state index contributed by atoms with van der Waals surface area (Å²) in [5.74, 6) is 0.0914. The maximum absolute atomic E-state index is 12.2. The first-order valence-electron chi connectivity index (χ1n) is 6.12. The van der Waals surface area contributed by atoms with Gasteiger partial charge in [0.1, 0.15) is 11.5 Å². The van der Waals surface area contributed by atoms with Gasteiger partial charge in [-0.3, -0.25) is 4.79 Å². The molecule has 104 valence electrons. The van der Waals surface area contributed by atoms with Crippen molar-refractivity contribution in [2.45, 2.75) is 0 Å². The Morgan fingerprint density at radius 2 is 2.00 bits per heavy atom. The van der Waals surface area contributed by atoms with Crippen molar-refractivity contribution in [3.05, 3.63) is 63.9 Å². The van der Waals surface area contributed by atoms with Crippen LogP contribution in [0.25, 0.3) is 10.9 Å². The quantitative estimate of drug-likeness (QED) is 0.739. The summed E-state index contributed by atoms with van der Waals surface area (Å²) in [5.41, 5.74) is 0.929. The number of fused-ring (bicyclic) bond motifs is 1. The zero-order chi connectivity index (χ0) is 14.8. The normalized spacial score (nSPS) is 10.6. The van der Waals surface area contributed by atoms with Gasteiger partial charge in [-0.15, -0.1) is 0 Å². The summed E-state index contributed by atoms with van der Waals surface area (Å²) in [6, 6.07) is 12.4. The number of aromatic nitrogens is 2. The molecule has 3 aromatic rings. The number of nitrogens with zero attached hydrogens (tertiary/aromatic N) is 2. The Kier molecular flexibility index (Phi) is 3.86. The van der Waals surface area contributed by atoms with Crippen molar-refractivity contribution in [2.75, 3.05) is 5.32 Å². The number of carbonyl (C=O) groups excluding carboxylic acids is 1. The molecule has 0 unspecified atom stereocenters. The molecule has 0 radical (unpaired) electrons. The van der Waals surface area contributed by atoms with Crippen LogP contribution in [0.2, 0.25) is 5.02 Å². The highest BCUT2D eigenvalue weighted by atomic mass is 79.9. The standard InChI is InChI=1S/C15H9BrClN3O/c16-9-5-6-18-14(7-9)20-15(21)13-8-11(17)10-3-1-2-4-12(10)19-13/h1-8H,(H,18,20,21). The first-order valence-corrected chi connectivity index (χ1v) is 7.29. The molecular formula is C15H9BrClN3O. The van der Waals surface area contributed by atoms with Gasteiger partial charge in [-0.25, -0.2) is 9.97 Å². The number of hydrogen-bond donors (Lipinski definition) is 1. The van der Waals surface area contributed by atoms with E-state index in [1.165, 1.54) is 0 Å². The second-order valence-corrected chi connectivity index (χ2v) is 5.64. The third-order valence-electron chi connectivity index (χ3n) is 2.86. The summed E-state index contributed by atoms with van der Waals surface area (Å²) in [4.78, 5) is 20.6. The lowest BCUT2D eigenvalue weighted by Crippen LogP contribution is -2.14. The van der Waals surface area contributed by atoms with Gasteiger partial charge in [0.15, 0.2) is 0 Å². The number of hydrogen-bond acceptors (Lipinski definition) is 3. The van der Waals surface area contributed by atoms with E-state index in [1.54, 1.807) is 24.4 Å². The van der Waals surface area contributed by atoms with Crippen LogP contribution in [0, 0.1) is 0 Å². The molecule has 1 aromatic carbocycles. The molecule has 3 rings (SSSR count). The van der Waals surface area contributed by atoms with Gasteiger partial charge < -0.3 is 5.32 Å². The summed E-state index contributed by atoms with van der Waals surface area (Å²) in [6.07, 6.45) is 1.60. The van der Waals surface area contributed by atoms with Crippen molar-refractivity contribution < 1.29 is 4.79 Å². The molecule has 6 heteroatoms.